The molecule has 0 aliphatic heterocycles. The van der Waals surface area contributed by atoms with Gasteiger partial charge >= 0.3 is 5.97 Å². The minimum absolute atomic E-state index is 0.0970. The van der Waals surface area contributed by atoms with Crippen molar-refractivity contribution < 1.29 is 19.4 Å². The summed E-state index contributed by atoms with van der Waals surface area (Å²) >= 11 is 0. The number of carboxylic acids is 1. The van der Waals surface area contributed by atoms with Crippen LogP contribution in [0, 0.1) is 0 Å². The van der Waals surface area contributed by atoms with Crippen LogP contribution in [-0.4, -0.2) is 37.0 Å². The first-order valence-electron chi connectivity index (χ1n) is 5.08. The molecule has 0 radical (unpaired) electrons. The molecule has 14 heavy (non-hydrogen) atoms. The van der Waals surface area contributed by atoms with Gasteiger partial charge in [-0.25, -0.2) is 0 Å². The van der Waals surface area contributed by atoms with E-state index in [1.165, 1.54) is 0 Å². The predicted octanol–water partition coefficient (Wildman–Crippen LogP) is 1.68. The SMILES string of the molecule is CCOCC(C)OCCCCC(=O)O. The van der Waals surface area contributed by atoms with Gasteiger partial charge in [0.2, 0.25) is 0 Å². The molecule has 0 fully saturated rings. The number of carboxylic acid groups (broad SMARTS) is 1. The van der Waals surface area contributed by atoms with Crippen molar-refractivity contribution in [2.75, 3.05) is 19.8 Å². The predicted molar refractivity (Wildman–Crippen MR) is 53.4 cm³/mol. The maximum Gasteiger partial charge on any atom is 0.303 e. The lowest BCUT2D eigenvalue weighted by Crippen LogP contribution is -2.16. The lowest BCUT2D eigenvalue weighted by molar-refractivity contribution is -0.137. The van der Waals surface area contributed by atoms with E-state index in [0.29, 0.717) is 26.2 Å². The zero-order valence-corrected chi connectivity index (χ0v) is 8.99. The summed E-state index contributed by atoms with van der Waals surface area (Å²) in [6.07, 6.45) is 1.79. The third-order valence-electron chi connectivity index (χ3n) is 1.74. The molecule has 0 heterocycles. The molecule has 1 unspecified atom stereocenters. The van der Waals surface area contributed by atoms with Crippen molar-refractivity contribution in [2.45, 2.75) is 39.2 Å². The number of unbranched alkanes of at least 4 members (excludes halogenated alkanes) is 1. The van der Waals surface area contributed by atoms with E-state index in [1.807, 2.05) is 13.8 Å². The highest BCUT2D eigenvalue weighted by molar-refractivity contribution is 5.66. The van der Waals surface area contributed by atoms with E-state index in [9.17, 15) is 4.79 Å². The van der Waals surface area contributed by atoms with E-state index in [2.05, 4.69) is 0 Å². The van der Waals surface area contributed by atoms with Gasteiger partial charge in [0.25, 0.3) is 0 Å². The molecular formula is C10H20O4. The second kappa shape index (κ2) is 8.97. The zero-order valence-electron chi connectivity index (χ0n) is 8.99. The fourth-order valence-corrected chi connectivity index (χ4v) is 0.995. The average molecular weight is 204 g/mol. The highest BCUT2D eigenvalue weighted by atomic mass is 16.5. The van der Waals surface area contributed by atoms with E-state index in [4.69, 9.17) is 14.6 Å². The van der Waals surface area contributed by atoms with Crippen molar-refractivity contribution in [3.05, 3.63) is 0 Å². The molecule has 4 heteroatoms. The Bertz CT molecular complexity index is 147. The Hall–Kier alpha value is -0.610. The molecule has 0 aliphatic carbocycles. The molecule has 0 amide bonds. The lowest BCUT2D eigenvalue weighted by Gasteiger charge is -2.12. The van der Waals surface area contributed by atoms with Gasteiger partial charge in [0.15, 0.2) is 0 Å². The van der Waals surface area contributed by atoms with Crippen LogP contribution in [0.25, 0.3) is 0 Å². The monoisotopic (exact) mass is 204 g/mol. The lowest BCUT2D eigenvalue weighted by atomic mass is 10.2. The Morgan fingerprint density at radius 3 is 2.71 bits per heavy atom. The van der Waals surface area contributed by atoms with Crippen molar-refractivity contribution in [3.8, 4) is 0 Å². The van der Waals surface area contributed by atoms with Crippen molar-refractivity contribution >= 4 is 5.97 Å². The molecule has 1 N–H and O–H groups in total. The molecule has 0 aliphatic rings. The summed E-state index contributed by atoms with van der Waals surface area (Å²) in [5.41, 5.74) is 0. The molecular weight excluding hydrogens is 184 g/mol. The molecule has 0 rings (SSSR count). The Labute approximate surface area is 85.2 Å². The Kier molecular flexibility index (Phi) is 8.57. The van der Waals surface area contributed by atoms with Crippen molar-refractivity contribution in [1.29, 1.82) is 0 Å². The van der Waals surface area contributed by atoms with Gasteiger partial charge < -0.3 is 14.6 Å². The van der Waals surface area contributed by atoms with Crippen molar-refractivity contribution in [1.82, 2.24) is 0 Å². The summed E-state index contributed by atoms with van der Waals surface area (Å²) in [6.45, 7) is 5.82. The zero-order chi connectivity index (χ0) is 10.8. The molecule has 0 aromatic carbocycles. The fourth-order valence-electron chi connectivity index (χ4n) is 0.995. The number of carbonyl (C=O) groups is 1. The van der Waals surface area contributed by atoms with Crippen LogP contribution in [-0.2, 0) is 14.3 Å². The van der Waals surface area contributed by atoms with Crippen LogP contribution in [0.15, 0.2) is 0 Å². The number of rotatable bonds is 9. The standard InChI is InChI=1S/C10H20O4/c1-3-13-8-9(2)14-7-5-4-6-10(11)12/h9H,3-8H2,1-2H3,(H,11,12). The smallest absolute Gasteiger partial charge is 0.303 e. The summed E-state index contributed by atoms with van der Waals surface area (Å²) in [5.74, 6) is -0.743. The van der Waals surface area contributed by atoms with E-state index in [1.54, 1.807) is 0 Å². The van der Waals surface area contributed by atoms with Gasteiger partial charge in [-0.15, -0.1) is 0 Å². The van der Waals surface area contributed by atoms with Crippen molar-refractivity contribution in [2.24, 2.45) is 0 Å². The maximum absolute atomic E-state index is 10.2. The van der Waals surface area contributed by atoms with Crippen LogP contribution in [0.3, 0.4) is 0 Å². The highest BCUT2D eigenvalue weighted by Crippen LogP contribution is 1.99. The van der Waals surface area contributed by atoms with Gasteiger partial charge in [-0.1, -0.05) is 0 Å². The van der Waals surface area contributed by atoms with Gasteiger partial charge in [0.05, 0.1) is 12.7 Å². The van der Waals surface area contributed by atoms with Gasteiger partial charge in [-0.3, -0.25) is 4.79 Å². The summed E-state index contributed by atoms with van der Waals surface area (Å²) < 4.78 is 10.6. The molecule has 0 bridgehead atoms. The van der Waals surface area contributed by atoms with Crippen LogP contribution >= 0.6 is 0 Å². The van der Waals surface area contributed by atoms with E-state index < -0.39 is 5.97 Å². The van der Waals surface area contributed by atoms with Crippen LogP contribution in [0.2, 0.25) is 0 Å². The van der Waals surface area contributed by atoms with Gasteiger partial charge in [0, 0.05) is 19.6 Å². The van der Waals surface area contributed by atoms with Crippen LogP contribution < -0.4 is 0 Å². The van der Waals surface area contributed by atoms with Crippen LogP contribution in [0.5, 0.6) is 0 Å². The number of hydrogen-bond acceptors (Lipinski definition) is 3. The van der Waals surface area contributed by atoms with Crippen molar-refractivity contribution in [3.63, 3.8) is 0 Å². The Morgan fingerprint density at radius 2 is 2.14 bits per heavy atom. The number of ether oxygens (including phenoxy) is 2. The van der Waals surface area contributed by atoms with E-state index in [0.717, 1.165) is 6.42 Å². The molecule has 0 saturated carbocycles. The third-order valence-corrected chi connectivity index (χ3v) is 1.74. The topological polar surface area (TPSA) is 55.8 Å². The molecule has 0 saturated heterocycles. The molecule has 0 aromatic heterocycles. The molecule has 1 atom stereocenters. The second-order valence-corrected chi connectivity index (χ2v) is 3.19. The minimum Gasteiger partial charge on any atom is -0.481 e. The molecule has 0 aromatic rings. The Morgan fingerprint density at radius 1 is 1.43 bits per heavy atom. The van der Waals surface area contributed by atoms with E-state index in [-0.39, 0.29) is 12.5 Å². The second-order valence-electron chi connectivity index (χ2n) is 3.19. The van der Waals surface area contributed by atoms with Gasteiger partial charge in [-0.05, 0) is 26.7 Å². The average Bonchev–Trinajstić information content (AvgIpc) is 2.13. The van der Waals surface area contributed by atoms with Gasteiger partial charge in [-0.2, -0.15) is 0 Å². The van der Waals surface area contributed by atoms with E-state index >= 15 is 0 Å². The van der Waals surface area contributed by atoms with Crippen LogP contribution in [0.1, 0.15) is 33.1 Å². The minimum atomic E-state index is -0.743. The summed E-state index contributed by atoms with van der Waals surface area (Å²) in [6, 6.07) is 0. The molecule has 0 spiro atoms. The number of hydrogen-bond donors (Lipinski definition) is 1. The first-order chi connectivity index (χ1) is 6.66. The summed E-state index contributed by atoms with van der Waals surface area (Å²) in [7, 11) is 0. The summed E-state index contributed by atoms with van der Waals surface area (Å²) in [5, 5.41) is 8.38. The molecule has 4 nitrogen and oxygen atoms in total. The number of aliphatic carboxylic acids is 1. The first-order valence-corrected chi connectivity index (χ1v) is 5.08. The van der Waals surface area contributed by atoms with Crippen LogP contribution in [0.4, 0.5) is 0 Å². The highest BCUT2D eigenvalue weighted by Gasteiger charge is 2.01. The largest absolute Gasteiger partial charge is 0.481 e. The van der Waals surface area contributed by atoms with Gasteiger partial charge in [0.1, 0.15) is 0 Å². The fraction of sp³-hybridized carbons (Fsp3) is 0.900. The quantitative estimate of drug-likeness (QED) is 0.580. The Balaban J connectivity index is 3.14. The summed E-state index contributed by atoms with van der Waals surface area (Å²) in [4.78, 5) is 10.2. The third kappa shape index (κ3) is 9.48. The molecule has 84 valence electrons. The normalized spacial score (nSPS) is 12.7. The maximum atomic E-state index is 10.2. The first kappa shape index (κ1) is 13.4.